The fourth-order valence-electron chi connectivity index (χ4n) is 2.34. The Labute approximate surface area is 142 Å². The number of carbonyl (C=O) groups excluding carboxylic acids is 2. The number of amides is 2. The Hall–Kier alpha value is -2.69. The van der Waals surface area contributed by atoms with Crippen molar-refractivity contribution in [1.82, 2.24) is 4.98 Å². The summed E-state index contributed by atoms with van der Waals surface area (Å²) in [6.45, 7) is 8.25. The summed E-state index contributed by atoms with van der Waals surface area (Å²) in [6, 6.07) is 9.37. The van der Waals surface area contributed by atoms with Crippen LogP contribution in [0.3, 0.4) is 0 Å². The third-order valence-corrected chi connectivity index (χ3v) is 4.42. The molecule has 0 bridgehead atoms. The van der Waals surface area contributed by atoms with E-state index in [1.807, 2.05) is 24.3 Å². The summed E-state index contributed by atoms with van der Waals surface area (Å²) in [5.74, 6) is -0.877. The summed E-state index contributed by atoms with van der Waals surface area (Å²) in [5, 5.41) is 2.81. The lowest BCUT2D eigenvalue weighted by atomic mass is 9.82. The number of hydrogen-bond acceptors (Lipinski definition) is 3. The molecule has 0 aliphatic carbocycles. The normalized spacial score (nSPS) is 11.2. The zero-order valence-electron chi connectivity index (χ0n) is 14.5. The number of anilines is 1. The summed E-state index contributed by atoms with van der Waals surface area (Å²) >= 11 is 0. The Morgan fingerprint density at radius 1 is 1.21 bits per heavy atom. The maximum absolute atomic E-state index is 12.3. The van der Waals surface area contributed by atoms with E-state index in [0.29, 0.717) is 16.8 Å². The van der Waals surface area contributed by atoms with E-state index in [1.54, 1.807) is 13.0 Å². The average Bonchev–Trinajstić information content (AvgIpc) is 2.54. The van der Waals surface area contributed by atoms with Crippen molar-refractivity contribution in [3.8, 4) is 0 Å². The maximum atomic E-state index is 12.3. The summed E-state index contributed by atoms with van der Waals surface area (Å²) < 4.78 is 0. The molecule has 0 aliphatic heterocycles. The molecule has 0 saturated heterocycles. The van der Waals surface area contributed by atoms with E-state index in [1.165, 1.54) is 11.8 Å². The van der Waals surface area contributed by atoms with Crippen LogP contribution in [0.1, 0.15) is 59.2 Å². The fraction of sp³-hybridized carbons (Fsp3) is 0.316. The third-order valence-electron chi connectivity index (χ3n) is 4.42. The molecule has 1 heterocycles. The van der Waals surface area contributed by atoms with E-state index in [0.717, 1.165) is 6.42 Å². The van der Waals surface area contributed by atoms with Gasteiger partial charge in [0.15, 0.2) is 0 Å². The lowest BCUT2D eigenvalue weighted by Gasteiger charge is -2.23. The Kier molecular flexibility index (Phi) is 5.02. The molecule has 5 nitrogen and oxygen atoms in total. The van der Waals surface area contributed by atoms with Crippen molar-refractivity contribution < 1.29 is 9.59 Å². The van der Waals surface area contributed by atoms with Crippen LogP contribution in [0.15, 0.2) is 36.5 Å². The van der Waals surface area contributed by atoms with E-state index >= 15 is 0 Å². The molecule has 2 rings (SSSR count). The highest BCUT2D eigenvalue weighted by molar-refractivity contribution is 6.03. The third kappa shape index (κ3) is 3.79. The molecule has 126 valence electrons. The molecule has 24 heavy (non-hydrogen) atoms. The Bertz CT molecular complexity index is 765. The first-order valence-corrected chi connectivity index (χ1v) is 7.93. The molecule has 2 aromatic rings. The molecule has 0 spiro atoms. The van der Waals surface area contributed by atoms with Gasteiger partial charge in [0.1, 0.15) is 5.69 Å². The van der Waals surface area contributed by atoms with Gasteiger partial charge in [-0.1, -0.05) is 32.9 Å². The molecular weight excluding hydrogens is 302 g/mol. The number of primary amides is 1. The number of aryl methyl sites for hydroxylation is 1. The minimum atomic E-state index is -0.555. The molecular formula is C19H23N3O2. The molecule has 0 atom stereocenters. The highest BCUT2D eigenvalue weighted by Crippen LogP contribution is 2.27. The molecule has 1 aromatic heterocycles. The van der Waals surface area contributed by atoms with Crippen LogP contribution in [0.4, 0.5) is 5.69 Å². The van der Waals surface area contributed by atoms with Crippen molar-refractivity contribution in [2.45, 2.75) is 39.5 Å². The molecule has 0 radical (unpaired) electrons. The zero-order chi connectivity index (χ0) is 17.9. The van der Waals surface area contributed by atoms with Gasteiger partial charge < -0.3 is 11.1 Å². The number of carbonyl (C=O) groups is 2. The molecule has 2 amide bonds. The van der Waals surface area contributed by atoms with Crippen molar-refractivity contribution in [3.63, 3.8) is 0 Å². The van der Waals surface area contributed by atoms with Crippen LogP contribution >= 0.6 is 0 Å². The maximum Gasteiger partial charge on any atom is 0.274 e. The topological polar surface area (TPSA) is 85.1 Å². The highest BCUT2D eigenvalue weighted by atomic mass is 16.2. The SMILES string of the molecule is CCC(C)(C)c1ccc(NC(=O)c2cc(C)c(C(N)=O)cn2)cc1. The van der Waals surface area contributed by atoms with Crippen LogP contribution in [-0.4, -0.2) is 16.8 Å². The van der Waals surface area contributed by atoms with Crippen LogP contribution in [0.25, 0.3) is 0 Å². The summed E-state index contributed by atoms with van der Waals surface area (Å²) in [5.41, 5.74) is 8.47. The summed E-state index contributed by atoms with van der Waals surface area (Å²) in [4.78, 5) is 27.5. The zero-order valence-corrected chi connectivity index (χ0v) is 14.5. The lowest BCUT2D eigenvalue weighted by Crippen LogP contribution is -2.18. The van der Waals surface area contributed by atoms with Crippen LogP contribution in [0, 0.1) is 6.92 Å². The van der Waals surface area contributed by atoms with Gasteiger partial charge in [0.2, 0.25) is 0 Å². The van der Waals surface area contributed by atoms with Gasteiger partial charge in [0.25, 0.3) is 11.8 Å². The van der Waals surface area contributed by atoms with Gasteiger partial charge in [0.05, 0.1) is 5.56 Å². The number of nitrogens with two attached hydrogens (primary N) is 1. The molecule has 0 unspecified atom stereocenters. The van der Waals surface area contributed by atoms with Gasteiger partial charge in [-0.05, 0) is 48.1 Å². The molecule has 1 aromatic carbocycles. The minimum Gasteiger partial charge on any atom is -0.366 e. The fourth-order valence-corrected chi connectivity index (χ4v) is 2.34. The van der Waals surface area contributed by atoms with Crippen LogP contribution in [0.2, 0.25) is 0 Å². The van der Waals surface area contributed by atoms with Gasteiger partial charge in [-0.3, -0.25) is 14.6 Å². The van der Waals surface area contributed by atoms with Crippen molar-refractivity contribution in [2.75, 3.05) is 5.32 Å². The smallest absolute Gasteiger partial charge is 0.274 e. The molecule has 0 fully saturated rings. The first kappa shape index (κ1) is 17.7. The van der Waals surface area contributed by atoms with Crippen LogP contribution < -0.4 is 11.1 Å². The number of pyridine rings is 1. The van der Waals surface area contributed by atoms with Crippen molar-refractivity contribution >= 4 is 17.5 Å². The quantitative estimate of drug-likeness (QED) is 0.883. The van der Waals surface area contributed by atoms with Gasteiger partial charge >= 0.3 is 0 Å². The number of benzene rings is 1. The summed E-state index contributed by atoms with van der Waals surface area (Å²) in [6.07, 6.45) is 2.37. The first-order valence-electron chi connectivity index (χ1n) is 7.93. The van der Waals surface area contributed by atoms with Crippen molar-refractivity contribution in [1.29, 1.82) is 0 Å². The van der Waals surface area contributed by atoms with E-state index in [4.69, 9.17) is 5.73 Å². The van der Waals surface area contributed by atoms with Gasteiger partial charge in [-0.2, -0.15) is 0 Å². The predicted molar refractivity (Wildman–Crippen MR) is 95.2 cm³/mol. The molecule has 0 aliphatic rings. The van der Waals surface area contributed by atoms with Gasteiger partial charge in [-0.25, -0.2) is 0 Å². The Morgan fingerprint density at radius 3 is 2.33 bits per heavy atom. The summed E-state index contributed by atoms with van der Waals surface area (Å²) in [7, 11) is 0. The highest BCUT2D eigenvalue weighted by Gasteiger charge is 2.18. The van der Waals surface area contributed by atoms with Gasteiger partial charge in [0, 0.05) is 11.9 Å². The Balaban J connectivity index is 2.15. The predicted octanol–water partition coefficient (Wildman–Crippen LogP) is 3.43. The number of aromatic nitrogens is 1. The van der Waals surface area contributed by atoms with Crippen molar-refractivity contribution in [2.24, 2.45) is 5.73 Å². The number of nitrogens with zero attached hydrogens (tertiary/aromatic N) is 1. The first-order chi connectivity index (χ1) is 11.2. The minimum absolute atomic E-state index is 0.103. The van der Waals surface area contributed by atoms with E-state index in [9.17, 15) is 9.59 Å². The van der Waals surface area contributed by atoms with E-state index < -0.39 is 5.91 Å². The Morgan fingerprint density at radius 2 is 1.83 bits per heavy atom. The second kappa shape index (κ2) is 6.83. The molecule has 0 saturated carbocycles. The van der Waals surface area contributed by atoms with Crippen molar-refractivity contribution in [3.05, 3.63) is 58.9 Å². The largest absolute Gasteiger partial charge is 0.366 e. The number of rotatable bonds is 5. The van der Waals surface area contributed by atoms with Crippen LogP contribution in [0.5, 0.6) is 0 Å². The molecule has 5 heteroatoms. The van der Waals surface area contributed by atoms with Crippen LogP contribution in [-0.2, 0) is 5.41 Å². The average molecular weight is 325 g/mol. The second-order valence-corrected chi connectivity index (χ2v) is 6.52. The number of nitrogens with one attached hydrogen (secondary N) is 1. The number of hydrogen-bond donors (Lipinski definition) is 2. The van der Waals surface area contributed by atoms with E-state index in [-0.39, 0.29) is 17.0 Å². The van der Waals surface area contributed by atoms with E-state index in [2.05, 4.69) is 31.1 Å². The van der Waals surface area contributed by atoms with Gasteiger partial charge in [-0.15, -0.1) is 0 Å². The second-order valence-electron chi connectivity index (χ2n) is 6.52. The lowest BCUT2D eigenvalue weighted by molar-refractivity contribution is 0.0992. The standard InChI is InChI=1S/C19H23N3O2/c1-5-19(3,4)13-6-8-14(9-7-13)22-18(24)16-10-12(2)15(11-21-16)17(20)23/h6-11H,5H2,1-4H3,(H2,20,23)(H,22,24). The monoisotopic (exact) mass is 325 g/mol. The molecule has 3 N–H and O–H groups in total.